The minimum Gasteiger partial charge on any atom is -0.467 e. The predicted molar refractivity (Wildman–Crippen MR) is 87.7 cm³/mol. The van der Waals surface area contributed by atoms with Gasteiger partial charge in [-0.25, -0.2) is 4.79 Å². The number of carbonyl (C=O) groups is 2. The van der Waals surface area contributed by atoms with Crippen LogP contribution in [0.2, 0.25) is 0 Å². The molecule has 5 nitrogen and oxygen atoms in total. The quantitative estimate of drug-likeness (QED) is 0.505. The molecular weight excluding hydrogens is 292 g/mol. The molecule has 0 unspecified atom stereocenters. The highest BCUT2D eigenvalue weighted by Gasteiger charge is 2.22. The van der Waals surface area contributed by atoms with Gasteiger partial charge in [0.15, 0.2) is 0 Å². The van der Waals surface area contributed by atoms with Crippen molar-refractivity contribution in [1.82, 2.24) is 10.3 Å². The summed E-state index contributed by atoms with van der Waals surface area (Å²) in [5.74, 6) is 1.68. The number of esters is 1. The van der Waals surface area contributed by atoms with E-state index in [4.69, 9.17) is 11.2 Å². The molecule has 5 heteroatoms. The monoisotopic (exact) mass is 310 g/mol. The molecule has 0 saturated heterocycles. The normalized spacial score (nSPS) is 11.5. The highest BCUT2D eigenvalue weighted by molar-refractivity contribution is 6.06. The third-order valence-electron chi connectivity index (χ3n) is 3.48. The zero-order valence-corrected chi connectivity index (χ0v) is 12.9. The molecule has 118 valence electrons. The van der Waals surface area contributed by atoms with Crippen LogP contribution < -0.4 is 5.32 Å². The molecule has 1 atom stereocenters. The van der Waals surface area contributed by atoms with Gasteiger partial charge in [0.1, 0.15) is 6.04 Å². The molecule has 1 aromatic carbocycles. The number of pyridine rings is 1. The Morgan fingerprint density at radius 1 is 1.35 bits per heavy atom. The van der Waals surface area contributed by atoms with Gasteiger partial charge in [0, 0.05) is 18.0 Å². The zero-order valence-electron chi connectivity index (χ0n) is 12.9. The van der Waals surface area contributed by atoms with Gasteiger partial charge in [0.05, 0.1) is 18.2 Å². The number of ether oxygens (including phenoxy) is 1. The van der Waals surface area contributed by atoms with E-state index in [1.165, 1.54) is 7.11 Å². The lowest BCUT2D eigenvalue weighted by molar-refractivity contribution is -0.143. The lowest BCUT2D eigenvalue weighted by atomic mass is 10.1. The third-order valence-corrected chi connectivity index (χ3v) is 3.48. The molecule has 0 spiro atoms. The lowest BCUT2D eigenvalue weighted by Crippen LogP contribution is -2.41. The van der Waals surface area contributed by atoms with Gasteiger partial charge in [-0.15, -0.1) is 12.3 Å². The topological polar surface area (TPSA) is 68.3 Å². The van der Waals surface area contributed by atoms with Crippen LogP contribution in [0.15, 0.2) is 36.5 Å². The van der Waals surface area contributed by atoms with E-state index in [2.05, 4.69) is 16.2 Å². The molecule has 1 heterocycles. The van der Waals surface area contributed by atoms with Crippen LogP contribution in [0.4, 0.5) is 0 Å². The molecule has 1 aromatic heterocycles. The Morgan fingerprint density at radius 3 is 2.87 bits per heavy atom. The Labute approximate surface area is 135 Å². The first kappa shape index (κ1) is 16.5. The number of fused-ring (bicyclic) bond motifs is 1. The van der Waals surface area contributed by atoms with E-state index in [1.807, 2.05) is 12.1 Å². The van der Waals surface area contributed by atoms with Crippen LogP contribution in [0.3, 0.4) is 0 Å². The molecule has 0 radical (unpaired) electrons. The van der Waals surface area contributed by atoms with E-state index in [1.54, 1.807) is 24.4 Å². The number of aromatic nitrogens is 1. The summed E-state index contributed by atoms with van der Waals surface area (Å²) in [7, 11) is 1.29. The molecule has 0 bridgehead atoms. The fourth-order valence-electron chi connectivity index (χ4n) is 2.32. The Morgan fingerprint density at radius 2 is 2.13 bits per heavy atom. The van der Waals surface area contributed by atoms with Crippen molar-refractivity contribution in [2.24, 2.45) is 0 Å². The van der Waals surface area contributed by atoms with Crippen LogP contribution in [0.5, 0.6) is 0 Å². The number of rotatable bonds is 6. The standard InChI is InChI=1S/C18H18N2O3/c1-3-4-5-11-15(18(22)23-2)20-17(21)14-10-6-8-13-9-7-12-19-16(13)14/h1,6-10,12,15H,4-5,11H2,2H3,(H,20,21)/t15-/m0/s1. The Balaban J connectivity index is 2.20. The highest BCUT2D eigenvalue weighted by Crippen LogP contribution is 2.16. The predicted octanol–water partition coefficient (Wildman–Crippen LogP) is 2.31. The summed E-state index contributed by atoms with van der Waals surface area (Å²) in [6.45, 7) is 0. The number of nitrogens with zero attached hydrogens (tertiary/aromatic N) is 1. The lowest BCUT2D eigenvalue weighted by Gasteiger charge is -2.16. The van der Waals surface area contributed by atoms with Gasteiger partial charge in [-0.1, -0.05) is 18.2 Å². The van der Waals surface area contributed by atoms with E-state index in [-0.39, 0.29) is 5.91 Å². The van der Waals surface area contributed by atoms with Crippen LogP contribution in [-0.2, 0) is 9.53 Å². The molecule has 0 fully saturated rings. The Kier molecular flexibility index (Phi) is 5.70. The second-order valence-corrected chi connectivity index (χ2v) is 5.03. The molecule has 2 aromatic rings. The smallest absolute Gasteiger partial charge is 0.328 e. The first-order valence-corrected chi connectivity index (χ1v) is 7.33. The molecular formula is C18H18N2O3. The van der Waals surface area contributed by atoms with Crippen LogP contribution in [0, 0.1) is 12.3 Å². The van der Waals surface area contributed by atoms with Crippen LogP contribution in [-0.4, -0.2) is 30.0 Å². The van der Waals surface area contributed by atoms with Crippen molar-refractivity contribution in [2.45, 2.75) is 25.3 Å². The van der Waals surface area contributed by atoms with Crippen molar-refractivity contribution in [3.63, 3.8) is 0 Å². The summed E-state index contributed by atoms with van der Waals surface area (Å²) in [6, 6.07) is 8.30. The molecule has 2 rings (SSSR count). The zero-order chi connectivity index (χ0) is 16.7. The molecule has 23 heavy (non-hydrogen) atoms. The van der Waals surface area contributed by atoms with E-state index < -0.39 is 12.0 Å². The van der Waals surface area contributed by atoms with Crippen molar-refractivity contribution in [3.8, 4) is 12.3 Å². The molecule has 1 N–H and O–H groups in total. The van der Waals surface area contributed by atoms with Gasteiger partial charge in [0.2, 0.25) is 0 Å². The fourth-order valence-corrected chi connectivity index (χ4v) is 2.32. The molecule has 1 amide bonds. The number of hydrogen-bond donors (Lipinski definition) is 1. The molecule has 0 aliphatic rings. The minimum atomic E-state index is -0.722. The summed E-state index contributed by atoms with van der Waals surface area (Å²) in [5.41, 5.74) is 1.02. The average Bonchev–Trinajstić information content (AvgIpc) is 2.59. The number of para-hydroxylation sites is 1. The van der Waals surface area contributed by atoms with Crippen LogP contribution in [0.25, 0.3) is 10.9 Å². The second-order valence-electron chi connectivity index (χ2n) is 5.03. The number of methoxy groups -OCH3 is 1. The number of hydrogen-bond acceptors (Lipinski definition) is 4. The third kappa shape index (κ3) is 4.07. The molecule has 0 saturated carbocycles. The summed E-state index contributed by atoms with van der Waals surface area (Å²) in [4.78, 5) is 28.6. The average molecular weight is 310 g/mol. The van der Waals surface area contributed by atoms with Crippen molar-refractivity contribution < 1.29 is 14.3 Å². The first-order chi connectivity index (χ1) is 11.2. The van der Waals surface area contributed by atoms with Gasteiger partial charge >= 0.3 is 5.97 Å². The highest BCUT2D eigenvalue weighted by atomic mass is 16.5. The summed E-state index contributed by atoms with van der Waals surface area (Å²) >= 11 is 0. The SMILES string of the molecule is C#CCCC[C@H](NC(=O)c1cccc2cccnc12)C(=O)OC. The number of terminal acetylenes is 1. The Bertz CT molecular complexity index is 744. The maximum atomic E-state index is 12.5. The van der Waals surface area contributed by atoms with Gasteiger partial charge in [-0.05, 0) is 25.0 Å². The summed E-state index contributed by atoms with van der Waals surface area (Å²) in [5, 5.41) is 3.58. The van der Waals surface area contributed by atoms with Crippen molar-refractivity contribution in [3.05, 3.63) is 42.1 Å². The molecule has 0 aliphatic heterocycles. The second kappa shape index (κ2) is 7.95. The van der Waals surface area contributed by atoms with E-state index in [0.29, 0.717) is 30.3 Å². The first-order valence-electron chi connectivity index (χ1n) is 7.33. The van der Waals surface area contributed by atoms with Gasteiger partial charge in [-0.2, -0.15) is 0 Å². The van der Waals surface area contributed by atoms with Crippen molar-refractivity contribution in [2.75, 3.05) is 7.11 Å². The van der Waals surface area contributed by atoms with Crippen molar-refractivity contribution in [1.29, 1.82) is 0 Å². The number of unbranched alkanes of at least 4 members (excludes halogenated alkanes) is 1. The number of amides is 1. The van der Waals surface area contributed by atoms with Crippen LogP contribution in [0.1, 0.15) is 29.6 Å². The summed E-state index contributed by atoms with van der Waals surface area (Å²) in [6.07, 6.45) is 8.45. The van der Waals surface area contributed by atoms with Gasteiger partial charge in [0.25, 0.3) is 5.91 Å². The molecule has 0 aliphatic carbocycles. The number of carbonyl (C=O) groups excluding carboxylic acids is 2. The number of benzene rings is 1. The van der Waals surface area contributed by atoms with Crippen molar-refractivity contribution >= 4 is 22.8 Å². The van der Waals surface area contributed by atoms with E-state index in [9.17, 15) is 9.59 Å². The van der Waals surface area contributed by atoms with Crippen LogP contribution >= 0.6 is 0 Å². The van der Waals surface area contributed by atoms with E-state index in [0.717, 1.165) is 5.39 Å². The maximum Gasteiger partial charge on any atom is 0.328 e. The van der Waals surface area contributed by atoms with Gasteiger partial charge < -0.3 is 10.1 Å². The van der Waals surface area contributed by atoms with Gasteiger partial charge in [-0.3, -0.25) is 9.78 Å². The largest absolute Gasteiger partial charge is 0.467 e. The van der Waals surface area contributed by atoms with E-state index >= 15 is 0 Å². The number of nitrogens with one attached hydrogen (secondary N) is 1. The maximum absolute atomic E-state index is 12.5. The minimum absolute atomic E-state index is 0.356. The fraction of sp³-hybridized carbons (Fsp3) is 0.278. The Hall–Kier alpha value is -2.87. The summed E-state index contributed by atoms with van der Waals surface area (Å²) < 4.78 is 4.75.